The fraction of sp³-hybridized carbons (Fsp3) is 0.560. The van der Waals surface area contributed by atoms with E-state index < -0.39 is 11.2 Å². The van der Waals surface area contributed by atoms with E-state index in [0.29, 0.717) is 30.8 Å². The van der Waals surface area contributed by atoms with Crippen LogP contribution in [0.15, 0.2) is 35.0 Å². The van der Waals surface area contributed by atoms with Gasteiger partial charge in [0.25, 0.3) is 0 Å². The van der Waals surface area contributed by atoms with Gasteiger partial charge < -0.3 is 23.8 Å². The summed E-state index contributed by atoms with van der Waals surface area (Å²) in [6.45, 7) is 8.74. The summed E-state index contributed by atoms with van der Waals surface area (Å²) in [5.41, 5.74) is 0.965. The maximum absolute atomic E-state index is 12.3. The first-order valence-corrected chi connectivity index (χ1v) is 11.7. The Morgan fingerprint density at radius 1 is 1.21 bits per heavy atom. The molecule has 2 aliphatic rings. The average Bonchev–Trinajstić information content (AvgIpc) is 3.38. The van der Waals surface area contributed by atoms with E-state index in [-0.39, 0.29) is 12.0 Å². The Balaban J connectivity index is 1.28. The molecule has 1 aromatic carbocycles. The van der Waals surface area contributed by atoms with Gasteiger partial charge in [0.05, 0.1) is 5.60 Å². The second-order valence-electron chi connectivity index (χ2n) is 10.8. The summed E-state index contributed by atoms with van der Waals surface area (Å²) in [4.78, 5) is 18.7. The number of aromatic nitrogens is 3. The third-order valence-electron chi connectivity index (χ3n) is 6.66. The Hall–Kier alpha value is -2.87. The predicted octanol–water partition coefficient (Wildman–Crippen LogP) is 4.89. The Bertz CT molecular complexity index is 1160. The monoisotopic (exact) mass is 452 g/mol. The highest BCUT2D eigenvalue weighted by atomic mass is 16.6. The van der Waals surface area contributed by atoms with E-state index >= 15 is 0 Å². The van der Waals surface area contributed by atoms with Crippen molar-refractivity contribution in [3.05, 3.63) is 36.4 Å². The standard InChI is InChI=1S/C25H32N4O4/c1-24(2,3)32-23(30)28-10-7-17(8-11-28)22-26-21(27-33-22)18-6-5-16-9-12-29(20(16)13-18)19-14-25(4,31)15-19/h5-6,9,12-13,17,19,31H,7-8,10-11,14-15H2,1-4H3. The smallest absolute Gasteiger partial charge is 0.410 e. The van der Waals surface area contributed by atoms with E-state index in [4.69, 9.17) is 14.2 Å². The molecule has 1 aliphatic heterocycles. The third-order valence-corrected chi connectivity index (χ3v) is 6.66. The van der Waals surface area contributed by atoms with Gasteiger partial charge in [-0.25, -0.2) is 4.79 Å². The van der Waals surface area contributed by atoms with Crippen molar-refractivity contribution in [3.8, 4) is 11.4 Å². The van der Waals surface area contributed by atoms with Gasteiger partial charge in [0.15, 0.2) is 0 Å². The van der Waals surface area contributed by atoms with Crippen molar-refractivity contribution >= 4 is 17.0 Å². The van der Waals surface area contributed by atoms with Crippen LogP contribution in [0.2, 0.25) is 0 Å². The van der Waals surface area contributed by atoms with Crippen LogP contribution in [0.4, 0.5) is 4.79 Å². The Morgan fingerprint density at radius 3 is 2.61 bits per heavy atom. The fourth-order valence-electron chi connectivity index (χ4n) is 4.91. The van der Waals surface area contributed by atoms with Crippen LogP contribution in [0.3, 0.4) is 0 Å². The largest absolute Gasteiger partial charge is 0.444 e. The number of amides is 1. The number of piperidine rings is 1. The number of ether oxygens (including phenoxy) is 1. The summed E-state index contributed by atoms with van der Waals surface area (Å²) in [6, 6.07) is 8.61. The number of hydrogen-bond donors (Lipinski definition) is 1. The zero-order chi connectivity index (χ0) is 23.4. The molecule has 2 aromatic heterocycles. The number of likely N-dealkylation sites (tertiary alicyclic amines) is 1. The van der Waals surface area contributed by atoms with Crippen LogP contribution in [0, 0.1) is 0 Å². The first-order chi connectivity index (χ1) is 15.6. The molecule has 3 heterocycles. The molecule has 1 saturated carbocycles. The average molecular weight is 453 g/mol. The lowest BCUT2D eigenvalue weighted by atomic mass is 9.77. The molecule has 1 saturated heterocycles. The molecule has 176 valence electrons. The topological polar surface area (TPSA) is 93.6 Å². The van der Waals surface area contributed by atoms with Crippen LogP contribution < -0.4 is 0 Å². The quantitative estimate of drug-likeness (QED) is 0.608. The van der Waals surface area contributed by atoms with Crippen molar-refractivity contribution in [3.63, 3.8) is 0 Å². The summed E-state index contributed by atoms with van der Waals surface area (Å²) >= 11 is 0. The lowest BCUT2D eigenvalue weighted by Gasteiger charge is -2.42. The van der Waals surface area contributed by atoms with Crippen molar-refractivity contribution in [1.82, 2.24) is 19.6 Å². The highest BCUT2D eigenvalue weighted by Crippen LogP contribution is 2.42. The van der Waals surface area contributed by atoms with Gasteiger partial charge in [0, 0.05) is 42.3 Å². The molecule has 5 rings (SSSR count). The minimum atomic E-state index is -0.569. The number of benzene rings is 1. The number of rotatable bonds is 3. The van der Waals surface area contributed by atoms with Crippen LogP contribution in [0.25, 0.3) is 22.3 Å². The van der Waals surface area contributed by atoms with E-state index in [1.54, 1.807) is 4.90 Å². The lowest BCUT2D eigenvalue weighted by Crippen LogP contribution is -2.41. The highest BCUT2D eigenvalue weighted by Gasteiger charge is 2.39. The molecular weight excluding hydrogens is 420 g/mol. The van der Waals surface area contributed by atoms with Gasteiger partial charge in [-0.3, -0.25) is 0 Å². The van der Waals surface area contributed by atoms with Gasteiger partial charge in [-0.1, -0.05) is 17.3 Å². The van der Waals surface area contributed by atoms with Crippen LogP contribution >= 0.6 is 0 Å². The molecule has 1 N–H and O–H groups in total. The van der Waals surface area contributed by atoms with Gasteiger partial charge in [-0.05, 0) is 70.9 Å². The van der Waals surface area contributed by atoms with Crippen molar-refractivity contribution in [2.75, 3.05) is 13.1 Å². The maximum atomic E-state index is 12.3. The molecule has 3 aromatic rings. The van der Waals surface area contributed by atoms with Gasteiger partial charge in [0.2, 0.25) is 11.7 Å². The van der Waals surface area contributed by atoms with E-state index in [2.05, 4.69) is 34.1 Å². The van der Waals surface area contributed by atoms with Crippen LogP contribution in [0.1, 0.15) is 71.2 Å². The SMILES string of the molecule is CC1(O)CC(n2ccc3ccc(-c4noc(C5CCN(C(=O)OC(C)(C)C)CC5)n4)cc32)C1. The molecule has 0 atom stereocenters. The molecule has 0 radical (unpaired) electrons. The van der Waals surface area contributed by atoms with Gasteiger partial charge in [-0.15, -0.1) is 0 Å². The molecule has 8 heteroatoms. The van der Waals surface area contributed by atoms with E-state index in [9.17, 15) is 9.90 Å². The lowest BCUT2D eigenvalue weighted by molar-refractivity contribution is -0.0497. The summed E-state index contributed by atoms with van der Waals surface area (Å²) in [5.74, 6) is 1.34. The fourth-order valence-corrected chi connectivity index (χ4v) is 4.91. The van der Waals surface area contributed by atoms with Crippen molar-refractivity contribution in [2.24, 2.45) is 0 Å². The number of carbonyl (C=O) groups is 1. The maximum Gasteiger partial charge on any atom is 0.410 e. The summed E-state index contributed by atoms with van der Waals surface area (Å²) < 4.78 is 13.3. The molecule has 1 aliphatic carbocycles. The minimum absolute atomic E-state index is 0.134. The van der Waals surface area contributed by atoms with Crippen LogP contribution in [-0.2, 0) is 4.74 Å². The van der Waals surface area contributed by atoms with Crippen molar-refractivity contribution in [1.29, 1.82) is 0 Å². The summed E-state index contributed by atoms with van der Waals surface area (Å²) in [5, 5.41) is 15.5. The number of aliphatic hydroxyl groups is 1. The predicted molar refractivity (Wildman–Crippen MR) is 124 cm³/mol. The Morgan fingerprint density at radius 2 is 1.94 bits per heavy atom. The second-order valence-corrected chi connectivity index (χ2v) is 10.8. The minimum Gasteiger partial charge on any atom is -0.444 e. The van der Waals surface area contributed by atoms with Crippen LogP contribution in [-0.4, -0.2) is 55.1 Å². The molecule has 1 amide bonds. The third kappa shape index (κ3) is 4.49. The molecular formula is C25H32N4O4. The molecule has 0 bridgehead atoms. The highest BCUT2D eigenvalue weighted by molar-refractivity contribution is 5.84. The first-order valence-electron chi connectivity index (χ1n) is 11.7. The van der Waals surface area contributed by atoms with E-state index in [0.717, 1.165) is 42.1 Å². The summed E-state index contributed by atoms with van der Waals surface area (Å²) in [7, 11) is 0. The van der Waals surface area contributed by atoms with E-state index in [1.807, 2.05) is 33.8 Å². The Labute approximate surface area is 193 Å². The van der Waals surface area contributed by atoms with Crippen LogP contribution in [0.5, 0.6) is 0 Å². The number of fused-ring (bicyclic) bond motifs is 1. The number of carbonyl (C=O) groups excluding carboxylic acids is 1. The van der Waals surface area contributed by atoms with Crippen molar-refractivity contribution in [2.45, 2.75) is 76.5 Å². The number of nitrogens with zero attached hydrogens (tertiary/aromatic N) is 4. The molecule has 33 heavy (non-hydrogen) atoms. The van der Waals surface area contributed by atoms with Crippen molar-refractivity contribution < 1.29 is 19.2 Å². The zero-order valence-corrected chi connectivity index (χ0v) is 19.7. The second kappa shape index (κ2) is 7.87. The van der Waals surface area contributed by atoms with Gasteiger partial charge in [-0.2, -0.15) is 4.98 Å². The molecule has 0 unspecified atom stereocenters. The summed E-state index contributed by atoms with van der Waals surface area (Å²) in [6.07, 6.45) is 4.88. The number of hydrogen-bond acceptors (Lipinski definition) is 6. The van der Waals surface area contributed by atoms with Gasteiger partial charge in [0.1, 0.15) is 5.60 Å². The molecule has 8 nitrogen and oxygen atoms in total. The normalized spacial score (nSPS) is 24.2. The zero-order valence-electron chi connectivity index (χ0n) is 19.7. The van der Waals surface area contributed by atoms with E-state index in [1.165, 1.54) is 0 Å². The first kappa shape index (κ1) is 21.9. The molecule has 0 spiro atoms. The van der Waals surface area contributed by atoms with Gasteiger partial charge >= 0.3 is 6.09 Å². The molecule has 2 fully saturated rings. The Kier molecular flexibility index (Phi) is 5.23.